The lowest BCUT2D eigenvalue weighted by Crippen LogP contribution is -2.51. The van der Waals surface area contributed by atoms with Crippen LogP contribution in [0, 0.1) is 0 Å². The average Bonchev–Trinajstić information content (AvgIpc) is 2.03. The topological polar surface area (TPSA) is 69.6 Å². The second kappa shape index (κ2) is 3.69. The van der Waals surface area contributed by atoms with Gasteiger partial charge in [0.25, 0.3) is 10.2 Å². The summed E-state index contributed by atoms with van der Waals surface area (Å²) in [5.41, 5.74) is -0.776. The summed E-state index contributed by atoms with van der Waals surface area (Å²) in [4.78, 5) is 0. The van der Waals surface area contributed by atoms with Gasteiger partial charge in [-0.3, -0.25) is 0 Å². The van der Waals surface area contributed by atoms with Crippen molar-refractivity contribution >= 4 is 10.2 Å². The molecule has 0 saturated heterocycles. The van der Waals surface area contributed by atoms with E-state index in [4.69, 9.17) is 5.11 Å². The van der Waals surface area contributed by atoms with Crippen LogP contribution in [0.3, 0.4) is 0 Å². The molecule has 5 nitrogen and oxygen atoms in total. The first kappa shape index (κ1) is 11.8. The first-order chi connectivity index (χ1) is 5.28. The maximum atomic E-state index is 11.2. The molecule has 0 aliphatic heterocycles. The lowest BCUT2D eigenvalue weighted by molar-refractivity contribution is 0.137. The van der Waals surface area contributed by atoms with Gasteiger partial charge in [-0.15, -0.1) is 0 Å². The molecule has 0 aliphatic rings. The van der Waals surface area contributed by atoms with Gasteiger partial charge in [0.15, 0.2) is 0 Å². The van der Waals surface area contributed by atoms with Crippen molar-refractivity contribution in [2.75, 3.05) is 20.7 Å². The van der Waals surface area contributed by atoms with E-state index in [0.29, 0.717) is 0 Å². The maximum Gasteiger partial charge on any atom is 0.279 e. The summed E-state index contributed by atoms with van der Waals surface area (Å²) in [6.07, 6.45) is 0. The minimum absolute atomic E-state index is 0.218. The number of aliphatic hydroxyl groups is 1. The zero-order chi connectivity index (χ0) is 9.99. The zero-order valence-corrected chi connectivity index (χ0v) is 8.64. The minimum atomic E-state index is -3.44. The van der Waals surface area contributed by atoms with Crippen LogP contribution in [0.25, 0.3) is 0 Å². The van der Waals surface area contributed by atoms with Crippen LogP contribution in [0.5, 0.6) is 0 Å². The zero-order valence-electron chi connectivity index (χ0n) is 7.83. The van der Waals surface area contributed by atoms with Crippen molar-refractivity contribution in [3.8, 4) is 0 Å². The second-order valence-electron chi connectivity index (χ2n) is 3.15. The summed E-state index contributed by atoms with van der Waals surface area (Å²) >= 11 is 0. The van der Waals surface area contributed by atoms with E-state index >= 15 is 0 Å². The van der Waals surface area contributed by atoms with E-state index in [2.05, 4.69) is 4.72 Å². The second-order valence-corrected chi connectivity index (χ2v) is 5.05. The van der Waals surface area contributed by atoms with Crippen LogP contribution in [0.15, 0.2) is 0 Å². The van der Waals surface area contributed by atoms with Crippen molar-refractivity contribution in [2.24, 2.45) is 0 Å². The van der Waals surface area contributed by atoms with Gasteiger partial charge in [0.2, 0.25) is 0 Å². The molecule has 0 unspecified atom stereocenters. The molecular weight excluding hydrogens is 180 g/mol. The lowest BCUT2D eigenvalue weighted by Gasteiger charge is -2.32. The smallest absolute Gasteiger partial charge is 0.279 e. The van der Waals surface area contributed by atoms with Crippen LogP contribution < -0.4 is 4.72 Å². The fourth-order valence-electron chi connectivity index (χ4n) is 0.562. The van der Waals surface area contributed by atoms with Gasteiger partial charge in [-0.25, -0.2) is 4.72 Å². The fraction of sp³-hybridized carbons (Fsp3) is 1.00. The van der Waals surface area contributed by atoms with Crippen LogP contribution in [-0.4, -0.2) is 44.1 Å². The van der Waals surface area contributed by atoms with Crippen molar-refractivity contribution in [1.82, 2.24) is 9.03 Å². The number of likely N-dealkylation sites (N-methyl/N-ethyl adjacent to an activating group) is 1. The van der Waals surface area contributed by atoms with E-state index < -0.39 is 15.7 Å². The van der Waals surface area contributed by atoms with Gasteiger partial charge in [0.1, 0.15) is 0 Å². The largest absolute Gasteiger partial charge is 0.394 e. The molecule has 0 aromatic carbocycles. The van der Waals surface area contributed by atoms with Crippen molar-refractivity contribution in [1.29, 1.82) is 0 Å². The number of nitrogens with one attached hydrogen (secondary N) is 1. The lowest BCUT2D eigenvalue weighted by atomic mass is 10.1. The van der Waals surface area contributed by atoms with Crippen LogP contribution in [-0.2, 0) is 10.2 Å². The van der Waals surface area contributed by atoms with Crippen LogP contribution >= 0.6 is 0 Å². The molecule has 0 saturated carbocycles. The number of hydrogen-bond acceptors (Lipinski definition) is 3. The first-order valence-corrected chi connectivity index (χ1v) is 5.00. The van der Waals surface area contributed by atoms with E-state index in [1.807, 2.05) is 0 Å². The Balaban J connectivity index is 4.72. The Kier molecular flexibility index (Phi) is 3.64. The number of rotatable bonds is 4. The fourth-order valence-corrected chi connectivity index (χ4v) is 1.54. The summed E-state index contributed by atoms with van der Waals surface area (Å²) in [6, 6.07) is 0. The highest BCUT2D eigenvalue weighted by molar-refractivity contribution is 7.87. The third-order valence-electron chi connectivity index (χ3n) is 1.86. The molecule has 0 aromatic rings. The Bertz CT molecular complexity index is 235. The Morgan fingerprint density at radius 1 is 1.50 bits per heavy atom. The van der Waals surface area contributed by atoms with Crippen molar-refractivity contribution < 1.29 is 13.5 Å². The van der Waals surface area contributed by atoms with Gasteiger partial charge in [-0.1, -0.05) is 0 Å². The van der Waals surface area contributed by atoms with Crippen LogP contribution in [0.2, 0.25) is 0 Å². The van der Waals surface area contributed by atoms with Crippen LogP contribution in [0.4, 0.5) is 0 Å². The third kappa shape index (κ3) is 2.41. The Morgan fingerprint density at radius 3 is 2.17 bits per heavy atom. The predicted octanol–water partition coefficient (Wildman–Crippen LogP) is -0.847. The molecule has 0 rings (SSSR count). The number of hydrogen-bond donors (Lipinski definition) is 2. The predicted molar refractivity (Wildman–Crippen MR) is 46.9 cm³/mol. The number of nitrogens with zero attached hydrogens (tertiary/aromatic N) is 1. The highest BCUT2D eigenvalue weighted by Gasteiger charge is 2.31. The molecule has 0 aliphatic carbocycles. The summed E-state index contributed by atoms with van der Waals surface area (Å²) in [7, 11) is -0.693. The van der Waals surface area contributed by atoms with Crippen LogP contribution in [0.1, 0.15) is 13.8 Å². The standard InChI is InChI=1S/C6H16N2O3S/c1-6(2,5-9)8(4)12(10,11)7-3/h7,9H,5H2,1-4H3. The molecule has 0 aromatic heterocycles. The summed E-state index contributed by atoms with van der Waals surface area (Å²) in [5, 5.41) is 8.89. The van der Waals surface area contributed by atoms with E-state index in [0.717, 1.165) is 4.31 Å². The summed E-state index contributed by atoms with van der Waals surface area (Å²) in [5.74, 6) is 0. The van der Waals surface area contributed by atoms with Gasteiger partial charge in [-0.05, 0) is 13.8 Å². The van der Waals surface area contributed by atoms with Crippen molar-refractivity contribution in [3.05, 3.63) is 0 Å². The molecule has 2 N–H and O–H groups in total. The molecule has 0 atom stereocenters. The third-order valence-corrected chi connectivity index (χ3v) is 3.59. The van der Waals surface area contributed by atoms with E-state index in [-0.39, 0.29) is 6.61 Å². The van der Waals surface area contributed by atoms with E-state index in [1.54, 1.807) is 13.8 Å². The van der Waals surface area contributed by atoms with E-state index in [9.17, 15) is 8.42 Å². The molecule has 0 bridgehead atoms. The monoisotopic (exact) mass is 196 g/mol. The molecule has 74 valence electrons. The average molecular weight is 196 g/mol. The maximum absolute atomic E-state index is 11.2. The van der Waals surface area contributed by atoms with E-state index in [1.165, 1.54) is 14.1 Å². The van der Waals surface area contributed by atoms with Crippen molar-refractivity contribution in [2.45, 2.75) is 19.4 Å². The highest BCUT2D eigenvalue weighted by atomic mass is 32.2. The highest BCUT2D eigenvalue weighted by Crippen LogP contribution is 2.13. The molecule has 6 heteroatoms. The Labute approximate surface area is 73.6 Å². The molecule has 0 radical (unpaired) electrons. The normalized spacial score (nSPS) is 13.8. The SMILES string of the molecule is CNS(=O)(=O)N(C)C(C)(C)CO. The Morgan fingerprint density at radius 2 is 1.92 bits per heavy atom. The van der Waals surface area contributed by atoms with Gasteiger partial charge < -0.3 is 5.11 Å². The Hall–Kier alpha value is -0.170. The van der Waals surface area contributed by atoms with Gasteiger partial charge in [0.05, 0.1) is 12.1 Å². The molecule has 12 heavy (non-hydrogen) atoms. The van der Waals surface area contributed by atoms with Crippen molar-refractivity contribution in [3.63, 3.8) is 0 Å². The molecular formula is C6H16N2O3S. The van der Waals surface area contributed by atoms with Gasteiger partial charge >= 0.3 is 0 Å². The quantitative estimate of drug-likeness (QED) is 0.615. The summed E-state index contributed by atoms with van der Waals surface area (Å²) < 4.78 is 25.7. The minimum Gasteiger partial charge on any atom is -0.394 e. The molecule has 0 fully saturated rings. The van der Waals surface area contributed by atoms with Gasteiger partial charge in [0, 0.05) is 14.1 Å². The first-order valence-electron chi connectivity index (χ1n) is 3.56. The number of aliphatic hydroxyl groups excluding tert-OH is 1. The molecule has 0 amide bonds. The van der Waals surface area contributed by atoms with Gasteiger partial charge in [-0.2, -0.15) is 12.7 Å². The molecule has 0 heterocycles. The summed E-state index contributed by atoms with van der Waals surface area (Å²) in [6.45, 7) is 3.06. The molecule has 0 spiro atoms.